The molecule has 0 atom stereocenters. The fourth-order valence-corrected chi connectivity index (χ4v) is 3.17. The summed E-state index contributed by atoms with van der Waals surface area (Å²) in [4.78, 5) is 12.4. The van der Waals surface area contributed by atoms with Gasteiger partial charge in [0.2, 0.25) is 5.91 Å². The third-order valence-corrected chi connectivity index (χ3v) is 4.70. The van der Waals surface area contributed by atoms with Gasteiger partial charge < -0.3 is 5.32 Å². The summed E-state index contributed by atoms with van der Waals surface area (Å²) in [6.45, 7) is 0.0255. The third kappa shape index (κ3) is 3.69. The Kier molecular flexibility index (Phi) is 4.97. The molecule has 10 heteroatoms. The number of nitrogens with zero attached hydrogens (tertiary/aromatic N) is 5. The zero-order valence-electron chi connectivity index (χ0n) is 14.3. The molecule has 4 rings (SSSR count). The highest BCUT2D eigenvalue weighted by Crippen LogP contribution is 2.23. The smallest absolute Gasteiger partial charge is 0.247 e. The van der Waals surface area contributed by atoms with Crippen molar-refractivity contribution in [2.24, 2.45) is 0 Å². The average Bonchev–Trinajstić information content (AvgIpc) is 3.22. The molecular weight excluding hydrogens is 406 g/mol. The summed E-state index contributed by atoms with van der Waals surface area (Å²) >= 11 is 12.2. The van der Waals surface area contributed by atoms with Gasteiger partial charge in [0.1, 0.15) is 22.9 Å². The van der Waals surface area contributed by atoms with Crippen LogP contribution >= 0.6 is 23.2 Å². The first-order chi connectivity index (χ1) is 13.5. The van der Waals surface area contributed by atoms with Crippen molar-refractivity contribution in [3.8, 4) is 0 Å². The van der Waals surface area contributed by atoms with Crippen molar-refractivity contribution in [1.29, 1.82) is 0 Å². The van der Waals surface area contributed by atoms with E-state index in [9.17, 15) is 9.18 Å². The van der Waals surface area contributed by atoms with Gasteiger partial charge in [0.05, 0.1) is 12.1 Å². The number of para-hydroxylation sites is 1. The van der Waals surface area contributed by atoms with Gasteiger partial charge in [0.25, 0.3) is 0 Å². The van der Waals surface area contributed by atoms with Crippen LogP contribution in [0.2, 0.25) is 10.0 Å². The molecule has 0 saturated carbocycles. The van der Waals surface area contributed by atoms with Crippen LogP contribution in [0.4, 0.5) is 10.2 Å². The van der Waals surface area contributed by atoms with Crippen molar-refractivity contribution in [2.75, 3.05) is 5.32 Å². The lowest BCUT2D eigenvalue weighted by atomic mass is 10.2. The number of carbonyl (C=O) groups excluding carboxylic acids is 1. The van der Waals surface area contributed by atoms with Crippen LogP contribution in [-0.2, 0) is 17.9 Å². The van der Waals surface area contributed by atoms with Crippen LogP contribution < -0.4 is 5.32 Å². The molecule has 2 heterocycles. The van der Waals surface area contributed by atoms with E-state index in [1.54, 1.807) is 6.07 Å². The normalized spacial score (nSPS) is 11.1. The maximum Gasteiger partial charge on any atom is 0.247 e. The van der Waals surface area contributed by atoms with Gasteiger partial charge in [0, 0.05) is 16.8 Å². The number of hydrogen-bond donors (Lipinski definition) is 1. The van der Waals surface area contributed by atoms with Crippen molar-refractivity contribution in [1.82, 2.24) is 24.8 Å². The van der Waals surface area contributed by atoms with Crippen molar-refractivity contribution in [2.45, 2.75) is 13.1 Å². The van der Waals surface area contributed by atoms with E-state index in [2.05, 4.69) is 20.7 Å². The highest BCUT2D eigenvalue weighted by Gasteiger charge is 2.15. The van der Waals surface area contributed by atoms with Crippen molar-refractivity contribution >= 4 is 46.0 Å². The number of rotatable bonds is 5. The van der Waals surface area contributed by atoms with Crippen molar-refractivity contribution in [3.05, 3.63) is 70.1 Å². The maximum absolute atomic E-state index is 13.9. The first-order valence-corrected chi connectivity index (χ1v) is 9.01. The molecule has 142 valence electrons. The number of nitrogens with one attached hydrogen (secondary N) is 1. The van der Waals surface area contributed by atoms with E-state index >= 15 is 0 Å². The predicted molar refractivity (Wildman–Crippen MR) is 104 cm³/mol. The average molecular weight is 419 g/mol. The zero-order valence-corrected chi connectivity index (χ0v) is 15.8. The van der Waals surface area contributed by atoms with E-state index in [0.29, 0.717) is 5.52 Å². The largest absolute Gasteiger partial charge is 0.306 e. The van der Waals surface area contributed by atoms with Gasteiger partial charge in [-0.3, -0.25) is 9.48 Å². The molecule has 0 fully saturated rings. The highest BCUT2D eigenvalue weighted by atomic mass is 35.5. The monoisotopic (exact) mass is 418 g/mol. The second-order valence-corrected chi connectivity index (χ2v) is 6.82. The van der Waals surface area contributed by atoms with Crippen LogP contribution in [0, 0.1) is 5.82 Å². The first-order valence-electron chi connectivity index (χ1n) is 8.25. The lowest BCUT2D eigenvalue weighted by Gasteiger charge is -2.06. The van der Waals surface area contributed by atoms with Crippen LogP contribution in [0.15, 0.2) is 48.7 Å². The topological polar surface area (TPSA) is 77.6 Å². The van der Waals surface area contributed by atoms with Crippen LogP contribution in [-0.4, -0.2) is 30.7 Å². The summed E-state index contributed by atoms with van der Waals surface area (Å²) in [7, 11) is 0. The molecule has 1 amide bonds. The molecule has 7 nitrogen and oxygen atoms in total. The number of hydrogen-bond acceptors (Lipinski definition) is 4. The molecule has 28 heavy (non-hydrogen) atoms. The quantitative estimate of drug-likeness (QED) is 0.535. The Labute approximate surface area is 168 Å². The van der Waals surface area contributed by atoms with Gasteiger partial charge in [-0.25, -0.2) is 9.07 Å². The molecule has 4 aromatic rings. The van der Waals surface area contributed by atoms with Gasteiger partial charge >= 0.3 is 0 Å². The maximum atomic E-state index is 13.9. The number of halogens is 3. The summed E-state index contributed by atoms with van der Waals surface area (Å²) in [5.41, 5.74) is 1.72. The van der Waals surface area contributed by atoms with Gasteiger partial charge in [-0.05, 0) is 24.3 Å². The minimum Gasteiger partial charge on any atom is -0.306 e. The molecule has 0 saturated heterocycles. The molecule has 1 N–H and O–H groups in total. The van der Waals surface area contributed by atoms with Crippen molar-refractivity contribution in [3.63, 3.8) is 0 Å². The number of anilines is 1. The predicted octanol–water partition coefficient (Wildman–Crippen LogP) is 3.76. The Morgan fingerprint density at radius 2 is 1.93 bits per heavy atom. The summed E-state index contributed by atoms with van der Waals surface area (Å²) in [5, 5.41) is 15.3. The Balaban J connectivity index is 1.49. The van der Waals surface area contributed by atoms with Crippen LogP contribution in [0.3, 0.4) is 0 Å². The summed E-state index contributed by atoms with van der Waals surface area (Å²) in [5.74, 6) is -0.641. The molecular formula is C18H13Cl2FN6O. The van der Waals surface area contributed by atoms with E-state index in [1.165, 1.54) is 27.7 Å². The molecule has 0 spiro atoms. The first kappa shape index (κ1) is 18.4. The second kappa shape index (κ2) is 7.57. The van der Waals surface area contributed by atoms with Gasteiger partial charge in [0.15, 0.2) is 5.82 Å². The lowest BCUT2D eigenvalue weighted by Crippen LogP contribution is -2.20. The van der Waals surface area contributed by atoms with Crippen LogP contribution in [0.25, 0.3) is 11.0 Å². The molecule has 2 aromatic carbocycles. The Morgan fingerprint density at radius 3 is 2.75 bits per heavy atom. The molecule has 0 aliphatic heterocycles. The third-order valence-electron chi connectivity index (χ3n) is 4.07. The minimum atomic E-state index is -0.442. The summed E-state index contributed by atoms with van der Waals surface area (Å²) < 4.78 is 16.8. The van der Waals surface area contributed by atoms with E-state index in [-0.39, 0.29) is 40.4 Å². The van der Waals surface area contributed by atoms with E-state index in [1.807, 2.05) is 24.3 Å². The number of aromatic nitrogens is 5. The highest BCUT2D eigenvalue weighted by molar-refractivity contribution is 6.33. The Morgan fingerprint density at radius 1 is 1.11 bits per heavy atom. The molecule has 0 aliphatic rings. The molecule has 2 aromatic heterocycles. The lowest BCUT2D eigenvalue weighted by molar-refractivity contribution is -0.116. The van der Waals surface area contributed by atoms with Gasteiger partial charge in [-0.15, -0.1) is 5.10 Å². The van der Waals surface area contributed by atoms with E-state index < -0.39 is 5.82 Å². The van der Waals surface area contributed by atoms with E-state index in [0.717, 1.165) is 5.52 Å². The van der Waals surface area contributed by atoms with Gasteiger partial charge in [-0.2, -0.15) is 5.10 Å². The molecule has 0 aliphatic carbocycles. The number of fused-ring (bicyclic) bond motifs is 1. The fourth-order valence-electron chi connectivity index (χ4n) is 2.75. The van der Waals surface area contributed by atoms with Gasteiger partial charge in [-0.1, -0.05) is 46.6 Å². The molecule has 0 radical (unpaired) electrons. The van der Waals surface area contributed by atoms with E-state index in [4.69, 9.17) is 23.2 Å². The Bertz CT molecular complexity index is 1150. The summed E-state index contributed by atoms with van der Waals surface area (Å²) in [6.07, 6.45) is 1.49. The Hall–Kier alpha value is -2.97. The second-order valence-electron chi connectivity index (χ2n) is 6.01. The number of carbonyl (C=O) groups is 1. The van der Waals surface area contributed by atoms with Crippen molar-refractivity contribution < 1.29 is 9.18 Å². The van der Waals surface area contributed by atoms with Crippen LogP contribution in [0.1, 0.15) is 5.56 Å². The van der Waals surface area contributed by atoms with Crippen LogP contribution in [0.5, 0.6) is 0 Å². The number of amides is 1. The SMILES string of the molecule is O=C(Cn1nnc2ccccc21)Nc1nn(Cc2c(F)cccc2Cl)cc1Cl. The molecule has 0 unspecified atom stereocenters. The molecule has 0 bridgehead atoms. The minimum absolute atomic E-state index is 0.0527. The zero-order chi connectivity index (χ0) is 19.7. The fraction of sp³-hybridized carbons (Fsp3) is 0.111. The number of benzene rings is 2. The summed E-state index contributed by atoms with van der Waals surface area (Å²) in [6, 6.07) is 11.7. The standard InChI is InChI=1S/C18H13Cl2FN6O/c19-12-4-3-5-14(21)11(12)8-26-9-13(20)18(24-26)22-17(28)10-27-16-7-2-1-6-15(16)23-25-27/h1-7,9H,8,10H2,(H,22,24,28).